The van der Waals surface area contributed by atoms with Crippen LogP contribution in [0.5, 0.6) is 5.75 Å². The highest BCUT2D eigenvalue weighted by atomic mass is 16.6. The standard InChI is InChI=1S/C17H27NO2/c1-8-12-10-14(17(3,4)5)11-13(9-2)15(12)20-16(19)18(6)7/h10-11H,8-9H2,1-7H3. The second-order valence-corrected chi connectivity index (χ2v) is 6.34. The third-order valence-electron chi connectivity index (χ3n) is 3.43. The molecule has 0 saturated carbocycles. The quantitative estimate of drug-likeness (QED) is 0.830. The molecule has 1 aromatic carbocycles. The zero-order chi connectivity index (χ0) is 15.5. The summed E-state index contributed by atoms with van der Waals surface area (Å²) in [6.45, 7) is 10.8. The van der Waals surface area contributed by atoms with E-state index in [1.165, 1.54) is 10.5 Å². The highest BCUT2D eigenvalue weighted by Crippen LogP contribution is 2.32. The molecule has 0 aliphatic rings. The largest absolute Gasteiger partial charge is 0.414 e. The molecular weight excluding hydrogens is 250 g/mol. The third-order valence-corrected chi connectivity index (χ3v) is 3.43. The summed E-state index contributed by atoms with van der Waals surface area (Å²) in [6.07, 6.45) is 1.39. The van der Waals surface area contributed by atoms with Gasteiger partial charge in [0.2, 0.25) is 0 Å². The summed E-state index contributed by atoms with van der Waals surface area (Å²) >= 11 is 0. The molecule has 0 aliphatic carbocycles. The van der Waals surface area contributed by atoms with E-state index < -0.39 is 0 Å². The van der Waals surface area contributed by atoms with Crippen molar-refractivity contribution in [3.63, 3.8) is 0 Å². The SMILES string of the molecule is CCc1cc(C(C)(C)C)cc(CC)c1OC(=O)N(C)C. The van der Waals surface area contributed by atoms with E-state index in [1.807, 2.05) is 0 Å². The van der Waals surface area contributed by atoms with E-state index in [1.54, 1.807) is 14.1 Å². The molecule has 1 rings (SSSR count). The maximum Gasteiger partial charge on any atom is 0.414 e. The molecule has 0 bridgehead atoms. The van der Waals surface area contributed by atoms with E-state index in [2.05, 4.69) is 46.8 Å². The van der Waals surface area contributed by atoms with Gasteiger partial charge in [-0.05, 0) is 34.9 Å². The summed E-state index contributed by atoms with van der Waals surface area (Å²) in [5.74, 6) is 0.738. The summed E-state index contributed by atoms with van der Waals surface area (Å²) in [5.41, 5.74) is 3.59. The lowest BCUT2D eigenvalue weighted by Crippen LogP contribution is -2.26. The molecule has 0 radical (unpaired) electrons. The minimum Gasteiger partial charge on any atom is -0.410 e. The zero-order valence-corrected chi connectivity index (χ0v) is 13.8. The molecule has 112 valence electrons. The molecular formula is C17H27NO2. The lowest BCUT2D eigenvalue weighted by atomic mass is 9.84. The fourth-order valence-electron chi connectivity index (χ4n) is 2.02. The Bertz CT molecular complexity index is 459. The summed E-state index contributed by atoms with van der Waals surface area (Å²) in [6, 6.07) is 4.33. The number of rotatable bonds is 3. The van der Waals surface area contributed by atoms with Crippen LogP contribution in [0.1, 0.15) is 51.3 Å². The fourth-order valence-corrected chi connectivity index (χ4v) is 2.02. The average Bonchev–Trinajstić information content (AvgIpc) is 2.37. The van der Waals surface area contributed by atoms with Crippen molar-refractivity contribution < 1.29 is 9.53 Å². The minimum absolute atomic E-state index is 0.0952. The van der Waals surface area contributed by atoms with Gasteiger partial charge >= 0.3 is 6.09 Å². The molecule has 0 aromatic heterocycles. The van der Waals surface area contributed by atoms with Crippen LogP contribution in [0.2, 0.25) is 0 Å². The summed E-state index contributed by atoms with van der Waals surface area (Å²) in [5, 5.41) is 0. The first kappa shape index (κ1) is 16.5. The van der Waals surface area contributed by atoms with Gasteiger partial charge in [0.15, 0.2) is 0 Å². The molecule has 0 N–H and O–H groups in total. The second-order valence-electron chi connectivity index (χ2n) is 6.34. The number of benzene rings is 1. The number of amides is 1. The van der Waals surface area contributed by atoms with Gasteiger partial charge in [0.1, 0.15) is 5.75 Å². The van der Waals surface area contributed by atoms with E-state index in [0.717, 1.165) is 29.7 Å². The van der Waals surface area contributed by atoms with E-state index in [9.17, 15) is 4.79 Å². The first-order chi connectivity index (χ1) is 9.20. The number of nitrogens with zero attached hydrogens (tertiary/aromatic N) is 1. The van der Waals surface area contributed by atoms with Gasteiger partial charge in [-0.25, -0.2) is 4.79 Å². The van der Waals surface area contributed by atoms with Gasteiger partial charge < -0.3 is 9.64 Å². The fraction of sp³-hybridized carbons (Fsp3) is 0.588. The second kappa shape index (κ2) is 6.29. The van der Waals surface area contributed by atoms with Crippen molar-refractivity contribution in [3.05, 3.63) is 28.8 Å². The zero-order valence-electron chi connectivity index (χ0n) is 13.8. The van der Waals surface area contributed by atoms with Crippen molar-refractivity contribution >= 4 is 6.09 Å². The van der Waals surface area contributed by atoms with Crippen LogP contribution in [0, 0.1) is 0 Å². The summed E-state index contributed by atoms with van der Waals surface area (Å²) in [7, 11) is 3.40. The minimum atomic E-state index is -0.321. The van der Waals surface area contributed by atoms with Crippen LogP contribution in [0.3, 0.4) is 0 Å². The maximum absolute atomic E-state index is 11.8. The van der Waals surface area contributed by atoms with E-state index in [-0.39, 0.29) is 11.5 Å². The Morgan fingerprint density at radius 1 is 1.10 bits per heavy atom. The maximum atomic E-state index is 11.8. The molecule has 3 nitrogen and oxygen atoms in total. The van der Waals surface area contributed by atoms with Crippen molar-refractivity contribution in [3.8, 4) is 5.75 Å². The van der Waals surface area contributed by atoms with Gasteiger partial charge in [-0.1, -0.05) is 46.8 Å². The van der Waals surface area contributed by atoms with Crippen LogP contribution >= 0.6 is 0 Å². The van der Waals surface area contributed by atoms with Crippen molar-refractivity contribution in [1.29, 1.82) is 0 Å². The Hall–Kier alpha value is -1.51. The Kier molecular flexibility index (Phi) is 5.21. The van der Waals surface area contributed by atoms with Gasteiger partial charge in [-0.15, -0.1) is 0 Å². The Morgan fingerprint density at radius 3 is 1.85 bits per heavy atom. The van der Waals surface area contributed by atoms with Crippen LogP contribution in [-0.4, -0.2) is 25.1 Å². The molecule has 1 aromatic rings. The smallest absolute Gasteiger partial charge is 0.410 e. The number of hydrogen-bond acceptors (Lipinski definition) is 2. The lowest BCUT2D eigenvalue weighted by molar-refractivity contribution is 0.171. The molecule has 0 aliphatic heterocycles. The lowest BCUT2D eigenvalue weighted by Gasteiger charge is -2.24. The number of aryl methyl sites for hydroxylation is 2. The number of ether oxygens (including phenoxy) is 1. The van der Waals surface area contributed by atoms with Gasteiger partial charge in [-0.2, -0.15) is 0 Å². The molecule has 0 saturated heterocycles. The average molecular weight is 277 g/mol. The molecule has 0 fully saturated rings. The van der Waals surface area contributed by atoms with Crippen LogP contribution < -0.4 is 4.74 Å². The van der Waals surface area contributed by atoms with Gasteiger partial charge in [0.25, 0.3) is 0 Å². The van der Waals surface area contributed by atoms with E-state index >= 15 is 0 Å². The Labute approximate surface area is 122 Å². The van der Waals surface area contributed by atoms with Crippen LogP contribution in [0.4, 0.5) is 4.79 Å². The van der Waals surface area contributed by atoms with Gasteiger partial charge in [0.05, 0.1) is 0 Å². The first-order valence-corrected chi connectivity index (χ1v) is 7.26. The molecule has 20 heavy (non-hydrogen) atoms. The molecule has 1 amide bonds. The highest BCUT2D eigenvalue weighted by molar-refractivity contribution is 5.71. The van der Waals surface area contributed by atoms with E-state index in [0.29, 0.717) is 0 Å². The predicted molar refractivity (Wildman–Crippen MR) is 83.6 cm³/mol. The normalized spacial score (nSPS) is 11.3. The monoisotopic (exact) mass is 277 g/mol. The topological polar surface area (TPSA) is 29.5 Å². The number of hydrogen-bond donors (Lipinski definition) is 0. The first-order valence-electron chi connectivity index (χ1n) is 7.26. The predicted octanol–water partition coefficient (Wildman–Crippen LogP) is 4.17. The molecule has 0 heterocycles. The Morgan fingerprint density at radius 2 is 1.55 bits per heavy atom. The van der Waals surface area contributed by atoms with E-state index in [4.69, 9.17) is 4.74 Å². The number of carbonyl (C=O) groups excluding carboxylic acids is 1. The number of carbonyl (C=O) groups is 1. The van der Waals surface area contributed by atoms with Crippen LogP contribution in [0.15, 0.2) is 12.1 Å². The molecule has 3 heteroatoms. The van der Waals surface area contributed by atoms with Crippen LogP contribution in [-0.2, 0) is 18.3 Å². The molecule has 0 unspecified atom stereocenters. The third kappa shape index (κ3) is 3.75. The van der Waals surface area contributed by atoms with Crippen molar-refractivity contribution in [2.45, 2.75) is 52.9 Å². The molecule has 0 spiro atoms. The highest BCUT2D eigenvalue weighted by Gasteiger charge is 2.20. The van der Waals surface area contributed by atoms with Crippen molar-refractivity contribution in [2.24, 2.45) is 0 Å². The summed E-state index contributed by atoms with van der Waals surface area (Å²) in [4.78, 5) is 13.3. The van der Waals surface area contributed by atoms with Crippen molar-refractivity contribution in [2.75, 3.05) is 14.1 Å². The molecule has 0 atom stereocenters. The van der Waals surface area contributed by atoms with Crippen LogP contribution in [0.25, 0.3) is 0 Å². The summed E-state index contributed by atoms with van der Waals surface area (Å²) < 4.78 is 5.57. The van der Waals surface area contributed by atoms with Gasteiger partial charge in [-0.3, -0.25) is 0 Å². The van der Waals surface area contributed by atoms with Gasteiger partial charge in [0, 0.05) is 14.1 Å². The Balaban J connectivity index is 3.32. The van der Waals surface area contributed by atoms with Crippen molar-refractivity contribution in [1.82, 2.24) is 4.90 Å².